The molecule has 4 rings (SSSR count). The van der Waals surface area contributed by atoms with E-state index in [1.807, 2.05) is 30.3 Å². The minimum Gasteiger partial charge on any atom is -0.497 e. The molecule has 2 aliphatic rings. The molecule has 2 aliphatic heterocycles. The average molecular weight is 354 g/mol. The van der Waals surface area contributed by atoms with Gasteiger partial charge in [-0.1, -0.05) is 23.9 Å². The van der Waals surface area contributed by atoms with Gasteiger partial charge in [0.2, 0.25) is 5.91 Å². The maximum Gasteiger partial charge on any atom is 0.239 e. The number of halogens is 1. The summed E-state index contributed by atoms with van der Waals surface area (Å²) >= 11 is 1.43. The molecule has 1 unspecified atom stereocenters. The second-order valence-electron chi connectivity index (χ2n) is 5.72. The Kier molecular flexibility index (Phi) is 4.05. The zero-order valence-electron chi connectivity index (χ0n) is 13.5. The second-order valence-corrected chi connectivity index (χ2v) is 6.67. The summed E-state index contributed by atoms with van der Waals surface area (Å²) in [5, 5.41) is 0.688. The molecule has 0 saturated carbocycles. The lowest BCUT2D eigenvalue weighted by Crippen LogP contribution is -2.34. The zero-order chi connectivity index (χ0) is 17.4. The summed E-state index contributed by atoms with van der Waals surface area (Å²) in [4.78, 5) is 18.6. The summed E-state index contributed by atoms with van der Waals surface area (Å²) < 4.78 is 18.4. The van der Waals surface area contributed by atoms with Crippen LogP contribution in [-0.2, 0) is 4.79 Å². The Hall–Kier alpha value is -2.60. The van der Waals surface area contributed by atoms with Gasteiger partial charge in [0.05, 0.1) is 24.6 Å². The summed E-state index contributed by atoms with van der Waals surface area (Å²) in [5.74, 6) is 0.902. The van der Waals surface area contributed by atoms with Gasteiger partial charge in [-0.25, -0.2) is 9.38 Å². The van der Waals surface area contributed by atoms with E-state index in [4.69, 9.17) is 4.74 Å². The lowest BCUT2D eigenvalue weighted by Gasteiger charge is -2.29. The van der Waals surface area contributed by atoms with Crippen molar-refractivity contribution < 1.29 is 13.9 Å². The van der Waals surface area contributed by atoms with Gasteiger partial charge in [-0.05, 0) is 48.0 Å². The van der Waals surface area contributed by atoms with Gasteiger partial charge in [0.15, 0.2) is 5.17 Å². The number of nitrogens with zero attached hydrogens (tertiary/aromatic N) is 2. The molecule has 2 aromatic rings. The van der Waals surface area contributed by atoms with E-state index in [2.05, 4.69) is 4.99 Å². The van der Waals surface area contributed by atoms with Gasteiger partial charge in [-0.15, -0.1) is 0 Å². The highest BCUT2D eigenvalue weighted by molar-refractivity contribution is 8.15. The molecule has 0 N–H and O–H groups in total. The third-order valence-corrected chi connectivity index (χ3v) is 5.14. The minimum absolute atomic E-state index is 0.0407. The first kappa shape index (κ1) is 15.9. The van der Waals surface area contributed by atoms with E-state index in [0.717, 1.165) is 22.6 Å². The first-order valence-corrected chi connectivity index (χ1v) is 8.79. The molecule has 0 aromatic heterocycles. The number of fused-ring (bicyclic) bond motifs is 1. The molecule has 1 saturated heterocycles. The van der Waals surface area contributed by atoms with Crippen molar-refractivity contribution in [2.75, 3.05) is 12.9 Å². The Bertz CT molecular complexity index is 875. The molecule has 6 heteroatoms. The molecule has 1 amide bonds. The number of aliphatic imine (C=N–C) groups is 1. The minimum atomic E-state index is -0.286. The maximum absolute atomic E-state index is 13.2. The van der Waals surface area contributed by atoms with Crippen LogP contribution in [0.25, 0.3) is 5.70 Å². The van der Waals surface area contributed by atoms with Crippen molar-refractivity contribution in [3.05, 3.63) is 71.6 Å². The topological polar surface area (TPSA) is 41.9 Å². The fraction of sp³-hybridized carbons (Fsp3) is 0.158. The molecular weight excluding hydrogens is 339 g/mol. The summed E-state index contributed by atoms with van der Waals surface area (Å²) in [5.41, 5.74) is 2.55. The molecule has 2 heterocycles. The number of hydrogen-bond acceptors (Lipinski definition) is 4. The number of rotatable bonds is 3. The molecule has 0 aliphatic carbocycles. The number of ether oxygens (including phenoxy) is 1. The monoisotopic (exact) mass is 354 g/mol. The van der Waals surface area contributed by atoms with Crippen molar-refractivity contribution in [2.45, 2.75) is 6.04 Å². The summed E-state index contributed by atoms with van der Waals surface area (Å²) in [6.45, 7) is 0. The van der Waals surface area contributed by atoms with Gasteiger partial charge in [-0.2, -0.15) is 0 Å². The van der Waals surface area contributed by atoms with Crippen LogP contribution in [0.3, 0.4) is 0 Å². The number of methoxy groups -OCH3 is 1. The van der Waals surface area contributed by atoms with Crippen LogP contribution in [0.1, 0.15) is 17.2 Å². The Morgan fingerprint density at radius 1 is 1.16 bits per heavy atom. The molecular formula is C19H15FN2O2S. The highest BCUT2D eigenvalue weighted by Crippen LogP contribution is 2.38. The number of thioether (sulfide) groups is 1. The standard InChI is InChI=1S/C19H15FN2O2S/c1-24-15-8-4-13(5-9-15)17-10-16(12-2-6-14(20)7-3-12)21-19-22(17)18(23)11-25-19/h2-10,17H,11H2,1H3. The van der Waals surface area contributed by atoms with Crippen molar-refractivity contribution in [2.24, 2.45) is 4.99 Å². The zero-order valence-corrected chi connectivity index (χ0v) is 14.3. The lowest BCUT2D eigenvalue weighted by molar-refractivity contribution is -0.125. The van der Waals surface area contributed by atoms with E-state index in [-0.39, 0.29) is 17.8 Å². The molecule has 126 valence electrons. The highest BCUT2D eigenvalue weighted by atomic mass is 32.2. The van der Waals surface area contributed by atoms with Crippen molar-refractivity contribution in [1.29, 1.82) is 0 Å². The Morgan fingerprint density at radius 2 is 1.88 bits per heavy atom. The fourth-order valence-electron chi connectivity index (χ4n) is 2.92. The van der Waals surface area contributed by atoms with Gasteiger partial charge in [0, 0.05) is 5.56 Å². The van der Waals surface area contributed by atoms with Gasteiger partial charge in [0.25, 0.3) is 0 Å². The van der Waals surface area contributed by atoms with E-state index >= 15 is 0 Å². The van der Waals surface area contributed by atoms with Gasteiger partial charge < -0.3 is 4.74 Å². The van der Waals surface area contributed by atoms with Crippen LogP contribution in [0, 0.1) is 5.82 Å². The van der Waals surface area contributed by atoms with Crippen molar-refractivity contribution in [3.63, 3.8) is 0 Å². The Balaban J connectivity index is 1.77. The number of benzene rings is 2. The summed E-state index contributed by atoms with van der Waals surface area (Å²) in [6.07, 6.45) is 1.95. The van der Waals surface area contributed by atoms with Crippen LogP contribution >= 0.6 is 11.8 Å². The smallest absolute Gasteiger partial charge is 0.239 e. The van der Waals surface area contributed by atoms with E-state index in [1.54, 1.807) is 24.1 Å². The predicted molar refractivity (Wildman–Crippen MR) is 96.9 cm³/mol. The maximum atomic E-state index is 13.2. The third kappa shape index (κ3) is 2.93. The fourth-order valence-corrected chi connectivity index (χ4v) is 3.83. The van der Waals surface area contributed by atoms with Crippen LogP contribution in [0.4, 0.5) is 4.39 Å². The van der Waals surface area contributed by atoms with Gasteiger partial charge >= 0.3 is 0 Å². The van der Waals surface area contributed by atoms with Crippen LogP contribution in [0.15, 0.2) is 59.6 Å². The van der Waals surface area contributed by atoms with Crippen LogP contribution in [-0.4, -0.2) is 28.8 Å². The van der Waals surface area contributed by atoms with Crippen molar-refractivity contribution in [3.8, 4) is 5.75 Å². The molecule has 1 atom stereocenters. The molecule has 0 spiro atoms. The van der Waals surface area contributed by atoms with Gasteiger partial charge in [-0.3, -0.25) is 9.69 Å². The van der Waals surface area contributed by atoms with Crippen LogP contribution in [0.5, 0.6) is 5.75 Å². The van der Waals surface area contributed by atoms with E-state index in [9.17, 15) is 9.18 Å². The predicted octanol–water partition coefficient (Wildman–Crippen LogP) is 3.86. The molecule has 1 fully saturated rings. The van der Waals surface area contributed by atoms with E-state index in [1.165, 1.54) is 23.9 Å². The SMILES string of the molecule is COc1ccc(C2C=C(c3ccc(F)cc3)N=C3SCC(=O)N32)cc1. The summed E-state index contributed by atoms with van der Waals surface area (Å²) in [7, 11) is 1.62. The van der Waals surface area contributed by atoms with E-state index in [0.29, 0.717) is 10.9 Å². The molecule has 2 aromatic carbocycles. The number of hydrogen-bond donors (Lipinski definition) is 0. The molecule has 0 bridgehead atoms. The normalized spacial score (nSPS) is 19.4. The quantitative estimate of drug-likeness (QED) is 0.840. The summed E-state index contributed by atoms with van der Waals surface area (Å²) in [6, 6.07) is 13.6. The first-order valence-electron chi connectivity index (χ1n) is 7.81. The number of amidine groups is 1. The molecule has 0 radical (unpaired) electrons. The van der Waals surface area contributed by atoms with E-state index < -0.39 is 0 Å². The number of amides is 1. The Labute approximate surface area is 149 Å². The second kappa shape index (κ2) is 6.37. The van der Waals surface area contributed by atoms with Crippen LogP contribution < -0.4 is 4.74 Å². The molecule has 25 heavy (non-hydrogen) atoms. The number of carbonyl (C=O) groups excluding carboxylic acids is 1. The average Bonchev–Trinajstić information content (AvgIpc) is 3.03. The van der Waals surface area contributed by atoms with Crippen molar-refractivity contribution in [1.82, 2.24) is 4.90 Å². The first-order chi connectivity index (χ1) is 12.2. The third-order valence-electron chi connectivity index (χ3n) is 4.21. The van der Waals surface area contributed by atoms with Gasteiger partial charge in [0.1, 0.15) is 11.6 Å². The molecule has 4 nitrogen and oxygen atoms in total. The Morgan fingerprint density at radius 3 is 2.56 bits per heavy atom. The largest absolute Gasteiger partial charge is 0.497 e. The van der Waals surface area contributed by atoms with Crippen molar-refractivity contribution >= 4 is 28.5 Å². The number of carbonyl (C=O) groups is 1. The lowest BCUT2D eigenvalue weighted by atomic mass is 10.0. The van der Waals surface area contributed by atoms with Crippen LogP contribution in [0.2, 0.25) is 0 Å². The highest BCUT2D eigenvalue weighted by Gasteiger charge is 2.37.